The number of pyridine rings is 1. The van der Waals surface area contributed by atoms with E-state index < -0.39 is 0 Å². The predicted octanol–water partition coefficient (Wildman–Crippen LogP) is 3.92. The molecule has 0 atom stereocenters. The molecular formula is C17H15NO2. The minimum Gasteiger partial charge on any atom is -0.497 e. The molecule has 0 saturated heterocycles. The molecule has 0 amide bonds. The Morgan fingerprint density at radius 3 is 2.30 bits per heavy atom. The Morgan fingerprint density at radius 1 is 0.800 bits per heavy atom. The smallest absolute Gasteiger partial charge is 0.145 e. The van der Waals surface area contributed by atoms with Gasteiger partial charge in [-0.1, -0.05) is 18.2 Å². The van der Waals surface area contributed by atoms with Crippen LogP contribution >= 0.6 is 0 Å². The van der Waals surface area contributed by atoms with Crippen molar-refractivity contribution in [2.75, 3.05) is 14.2 Å². The Labute approximate surface area is 117 Å². The number of fused-ring (bicyclic) bond motifs is 1. The van der Waals surface area contributed by atoms with E-state index in [1.54, 1.807) is 14.2 Å². The van der Waals surface area contributed by atoms with E-state index in [9.17, 15) is 0 Å². The first-order valence-electron chi connectivity index (χ1n) is 6.40. The van der Waals surface area contributed by atoms with Gasteiger partial charge in [0.15, 0.2) is 0 Å². The molecule has 0 N–H and O–H groups in total. The van der Waals surface area contributed by atoms with Crippen molar-refractivity contribution in [1.29, 1.82) is 0 Å². The number of nitrogens with zero attached hydrogens (tertiary/aromatic N) is 1. The van der Waals surface area contributed by atoms with Crippen LogP contribution in [0.25, 0.3) is 22.2 Å². The quantitative estimate of drug-likeness (QED) is 0.719. The van der Waals surface area contributed by atoms with Crippen molar-refractivity contribution in [3.05, 3.63) is 54.6 Å². The lowest BCUT2D eigenvalue weighted by Gasteiger charge is -2.07. The van der Waals surface area contributed by atoms with Gasteiger partial charge in [0.2, 0.25) is 0 Å². The highest BCUT2D eigenvalue weighted by atomic mass is 16.5. The Kier molecular flexibility index (Phi) is 3.25. The summed E-state index contributed by atoms with van der Waals surface area (Å²) in [4.78, 5) is 4.71. The van der Waals surface area contributed by atoms with E-state index in [0.29, 0.717) is 0 Å². The van der Waals surface area contributed by atoms with E-state index >= 15 is 0 Å². The van der Waals surface area contributed by atoms with Gasteiger partial charge in [-0.3, -0.25) is 0 Å². The molecule has 0 fully saturated rings. The van der Waals surface area contributed by atoms with Crippen LogP contribution < -0.4 is 9.47 Å². The lowest BCUT2D eigenvalue weighted by Crippen LogP contribution is -1.90. The van der Waals surface area contributed by atoms with Gasteiger partial charge in [-0.15, -0.1) is 0 Å². The standard InChI is InChI=1S/C17H15NO2/c1-19-14-9-6-12(7-10-14)15-11-8-13-4-3-5-16(20-2)17(13)18-15/h3-11H,1-2H3. The van der Waals surface area contributed by atoms with Gasteiger partial charge < -0.3 is 9.47 Å². The van der Waals surface area contributed by atoms with Crippen LogP contribution in [-0.4, -0.2) is 19.2 Å². The van der Waals surface area contributed by atoms with Gasteiger partial charge in [0.1, 0.15) is 17.0 Å². The summed E-state index contributed by atoms with van der Waals surface area (Å²) >= 11 is 0. The number of aromatic nitrogens is 1. The maximum absolute atomic E-state index is 5.37. The van der Waals surface area contributed by atoms with E-state index in [2.05, 4.69) is 6.07 Å². The number of methoxy groups -OCH3 is 2. The molecule has 1 heterocycles. The topological polar surface area (TPSA) is 31.4 Å². The molecule has 2 aromatic carbocycles. The summed E-state index contributed by atoms with van der Waals surface area (Å²) in [6.07, 6.45) is 0. The lowest BCUT2D eigenvalue weighted by molar-refractivity contribution is 0.415. The van der Waals surface area contributed by atoms with Gasteiger partial charge in [0.05, 0.1) is 19.9 Å². The van der Waals surface area contributed by atoms with Crippen LogP contribution in [0.15, 0.2) is 54.6 Å². The van der Waals surface area contributed by atoms with Crippen LogP contribution in [0.2, 0.25) is 0 Å². The van der Waals surface area contributed by atoms with Gasteiger partial charge in [-0.05, 0) is 36.4 Å². The maximum Gasteiger partial charge on any atom is 0.145 e. The number of ether oxygens (including phenoxy) is 2. The van der Waals surface area contributed by atoms with Crippen molar-refractivity contribution < 1.29 is 9.47 Å². The number of hydrogen-bond donors (Lipinski definition) is 0. The zero-order chi connectivity index (χ0) is 13.9. The van der Waals surface area contributed by atoms with Crippen LogP contribution in [0.3, 0.4) is 0 Å². The first kappa shape index (κ1) is 12.5. The van der Waals surface area contributed by atoms with Crippen LogP contribution in [0.5, 0.6) is 11.5 Å². The second-order valence-corrected chi connectivity index (χ2v) is 4.46. The minimum atomic E-state index is 0.790. The average molecular weight is 265 g/mol. The summed E-state index contributed by atoms with van der Waals surface area (Å²) in [7, 11) is 3.32. The van der Waals surface area contributed by atoms with Gasteiger partial charge in [-0.25, -0.2) is 4.98 Å². The summed E-state index contributed by atoms with van der Waals surface area (Å²) < 4.78 is 10.5. The fraction of sp³-hybridized carbons (Fsp3) is 0.118. The first-order valence-corrected chi connectivity index (χ1v) is 6.40. The Bertz CT molecular complexity index is 736. The summed E-state index contributed by atoms with van der Waals surface area (Å²) in [6, 6.07) is 17.9. The van der Waals surface area contributed by atoms with Crippen molar-refractivity contribution in [2.24, 2.45) is 0 Å². The summed E-state index contributed by atoms with van der Waals surface area (Å²) in [6.45, 7) is 0. The number of benzene rings is 2. The van der Waals surface area contributed by atoms with E-state index in [0.717, 1.165) is 33.7 Å². The monoisotopic (exact) mass is 265 g/mol. The Hall–Kier alpha value is -2.55. The molecule has 0 saturated carbocycles. The summed E-state index contributed by atoms with van der Waals surface area (Å²) in [5, 5.41) is 1.07. The molecule has 3 aromatic rings. The fourth-order valence-electron chi connectivity index (χ4n) is 2.21. The van der Waals surface area contributed by atoms with Gasteiger partial charge in [-0.2, -0.15) is 0 Å². The molecule has 20 heavy (non-hydrogen) atoms. The molecule has 0 spiro atoms. The zero-order valence-corrected chi connectivity index (χ0v) is 11.5. The molecule has 0 aliphatic rings. The molecule has 3 heteroatoms. The number of rotatable bonds is 3. The molecule has 1 aromatic heterocycles. The number of hydrogen-bond acceptors (Lipinski definition) is 3. The molecule has 0 unspecified atom stereocenters. The minimum absolute atomic E-state index is 0.790. The highest BCUT2D eigenvalue weighted by Crippen LogP contribution is 2.27. The largest absolute Gasteiger partial charge is 0.497 e. The molecule has 0 bridgehead atoms. The third-order valence-corrected chi connectivity index (χ3v) is 3.29. The summed E-state index contributed by atoms with van der Waals surface area (Å²) in [5.41, 5.74) is 2.85. The highest BCUT2D eigenvalue weighted by Gasteiger charge is 2.05. The van der Waals surface area contributed by atoms with Crippen molar-refractivity contribution >= 4 is 10.9 Å². The summed E-state index contributed by atoms with van der Waals surface area (Å²) in [5.74, 6) is 1.63. The fourth-order valence-corrected chi connectivity index (χ4v) is 2.21. The number of para-hydroxylation sites is 1. The van der Waals surface area contributed by atoms with Crippen LogP contribution in [-0.2, 0) is 0 Å². The van der Waals surface area contributed by atoms with E-state index in [1.807, 2.05) is 48.5 Å². The molecule has 0 aliphatic heterocycles. The molecular weight excluding hydrogens is 250 g/mol. The third-order valence-electron chi connectivity index (χ3n) is 3.29. The van der Waals surface area contributed by atoms with E-state index in [-0.39, 0.29) is 0 Å². The van der Waals surface area contributed by atoms with Crippen LogP contribution in [0.1, 0.15) is 0 Å². The van der Waals surface area contributed by atoms with Crippen molar-refractivity contribution in [1.82, 2.24) is 4.98 Å². The van der Waals surface area contributed by atoms with E-state index in [1.165, 1.54) is 0 Å². The molecule has 0 radical (unpaired) electrons. The van der Waals surface area contributed by atoms with Crippen LogP contribution in [0.4, 0.5) is 0 Å². The normalized spacial score (nSPS) is 10.5. The SMILES string of the molecule is COc1ccc(-c2ccc3cccc(OC)c3n2)cc1. The molecule has 3 rings (SSSR count). The first-order chi connectivity index (χ1) is 9.81. The maximum atomic E-state index is 5.37. The second kappa shape index (κ2) is 5.21. The van der Waals surface area contributed by atoms with Crippen molar-refractivity contribution in [2.45, 2.75) is 0 Å². The van der Waals surface area contributed by atoms with Gasteiger partial charge >= 0.3 is 0 Å². The van der Waals surface area contributed by atoms with Gasteiger partial charge in [0, 0.05) is 10.9 Å². The van der Waals surface area contributed by atoms with Crippen molar-refractivity contribution in [3.8, 4) is 22.8 Å². The molecule has 3 nitrogen and oxygen atoms in total. The molecule has 0 aliphatic carbocycles. The average Bonchev–Trinajstić information content (AvgIpc) is 2.54. The van der Waals surface area contributed by atoms with E-state index in [4.69, 9.17) is 14.5 Å². The predicted molar refractivity (Wildman–Crippen MR) is 80.3 cm³/mol. The second-order valence-electron chi connectivity index (χ2n) is 4.46. The third kappa shape index (κ3) is 2.18. The molecule has 100 valence electrons. The zero-order valence-electron chi connectivity index (χ0n) is 11.5. The highest BCUT2D eigenvalue weighted by molar-refractivity contribution is 5.86. The Balaban J connectivity index is 2.11. The Morgan fingerprint density at radius 2 is 1.60 bits per heavy atom. The van der Waals surface area contributed by atoms with Crippen molar-refractivity contribution in [3.63, 3.8) is 0 Å². The van der Waals surface area contributed by atoms with Crippen LogP contribution in [0, 0.1) is 0 Å². The lowest BCUT2D eigenvalue weighted by atomic mass is 10.1. The van der Waals surface area contributed by atoms with Gasteiger partial charge in [0.25, 0.3) is 0 Å².